The number of rotatable bonds is 7. The standard InChI is InChI=1S/C31H26N4Si.C28H17BrN4.BHNS.S10.S9/c1-36(2,3)29-20-28(26-14-8-10-18-33-26)35-31-23(29)16-15-22-24(21-11-5-4-6-12-21)19-27(34-30(22)31)25-13-7-9-17-32-25;29-22-17-26(24-11-5-7-15-31-24)33-28-20(22)13-12-19-21(18-8-2-1-3-9-18)16-25(32-27(19)28)23-10-4-6-14-30-23;1-2-3;1-3-5-7-9-10-8-6-4-2;1-3-5-7-9-8-6-4-2/h4-20H,1-3H3;1-17H;3H;;. The molecule has 8 heterocycles. The van der Waals surface area contributed by atoms with E-state index in [0.29, 0.717) is 0 Å². The number of hydrogen-bond donors (Lipinski definition) is 1. The Hall–Kier alpha value is -3.79. The molecule has 0 saturated carbocycles. The Labute approximate surface area is 605 Å². The molecule has 0 N–H and O–H groups in total. The minimum absolute atomic E-state index is 0.800. The van der Waals surface area contributed by atoms with Crippen molar-refractivity contribution in [3.8, 4) is 67.8 Å². The van der Waals surface area contributed by atoms with Crippen molar-refractivity contribution in [3.63, 3.8) is 0 Å². The third-order valence-corrected chi connectivity index (χ3v) is 44.1. The summed E-state index contributed by atoms with van der Waals surface area (Å²) in [5.41, 5.74) is 14.7. The quantitative estimate of drug-likeness (QED) is 0.0930. The van der Waals surface area contributed by atoms with E-state index in [1.54, 1.807) is 110 Å². The Kier molecular flexibility index (Phi) is 31.5. The van der Waals surface area contributed by atoms with Crippen LogP contribution in [0.3, 0.4) is 0 Å². The van der Waals surface area contributed by atoms with E-state index in [1.807, 2.05) is 103 Å². The maximum atomic E-state index is 5.19. The number of aromatic nitrogens is 8. The van der Waals surface area contributed by atoms with Crippen molar-refractivity contribution in [2.45, 2.75) is 19.6 Å². The van der Waals surface area contributed by atoms with Crippen LogP contribution in [-0.4, -0.2) is 55.6 Å². The predicted octanol–water partition coefficient (Wildman–Crippen LogP) is 14.6. The molecule has 0 aliphatic carbocycles. The average molecular weight is 1640 g/mol. The summed E-state index contributed by atoms with van der Waals surface area (Å²) in [4.78, 5) is 38.7. The van der Waals surface area contributed by atoms with E-state index >= 15 is 0 Å². The molecule has 0 fully saturated rings. The second-order valence-corrected chi connectivity index (χ2v) is 51.5. The summed E-state index contributed by atoms with van der Waals surface area (Å²) in [7, 11) is 26.2. The number of nitrogens with zero attached hydrogens (tertiary/aromatic N) is 9. The van der Waals surface area contributed by atoms with Crippen molar-refractivity contribution in [2.24, 2.45) is 4.30 Å². The molecule has 459 valence electrons. The molecule has 0 bridgehead atoms. The van der Waals surface area contributed by atoms with Crippen molar-refractivity contribution in [1.82, 2.24) is 39.9 Å². The molecule has 0 aliphatic heterocycles. The Morgan fingerprint density at radius 3 is 0.978 bits per heavy atom. The Balaban J connectivity index is 0.000000178. The van der Waals surface area contributed by atoms with E-state index in [1.165, 1.54) is 46.1 Å². The molecular formula is C59H44BBrN9S20Si. The summed E-state index contributed by atoms with van der Waals surface area (Å²) in [5.74, 6) is 0. The number of benzene rings is 4. The molecule has 0 saturated heterocycles. The van der Waals surface area contributed by atoms with Gasteiger partial charge in [0.05, 0.1) is 75.7 Å². The van der Waals surface area contributed by atoms with E-state index < -0.39 is 8.07 Å². The summed E-state index contributed by atoms with van der Waals surface area (Å²) in [6.07, 6.45) is 7.21. The zero-order valence-electron chi connectivity index (χ0n) is 47.3. The van der Waals surface area contributed by atoms with E-state index in [2.05, 4.69) is 216 Å². The van der Waals surface area contributed by atoms with Crippen LogP contribution in [0.5, 0.6) is 0 Å². The van der Waals surface area contributed by atoms with Gasteiger partial charge in [0, 0.05) is 229 Å². The Morgan fingerprint density at radius 1 is 0.363 bits per heavy atom. The zero-order valence-corrected chi connectivity index (χ0v) is 66.3. The fourth-order valence-corrected chi connectivity index (χ4v) is 41.3. The number of fused-ring (bicyclic) bond motifs is 6. The molecule has 0 amide bonds. The molecule has 1 radical (unpaired) electrons. The molecule has 12 rings (SSSR count). The summed E-state index contributed by atoms with van der Waals surface area (Å²) < 4.78 is 3.65. The van der Waals surface area contributed by atoms with Crippen LogP contribution in [0.25, 0.3) is 111 Å². The van der Waals surface area contributed by atoms with Gasteiger partial charge in [0.2, 0.25) is 0 Å². The molecule has 32 heteroatoms. The first-order chi connectivity index (χ1) is 44.5. The van der Waals surface area contributed by atoms with Crippen molar-refractivity contribution in [1.29, 1.82) is 0 Å². The summed E-state index contributed by atoms with van der Waals surface area (Å²) >= 11 is 25.5. The summed E-state index contributed by atoms with van der Waals surface area (Å²) in [6, 6.07) is 61.7. The molecule has 0 spiro atoms. The van der Waals surface area contributed by atoms with Gasteiger partial charge in [-0.2, -0.15) is 0 Å². The topological polar surface area (TPSA) is 115 Å². The SMILES string of the molecule is Brc1cc(-c2ccccn2)nc2c1ccc1c(-c3ccccc3)cc(-c3ccccn3)nc12.C[Si](C)(C)c1cc(-c2ccccn2)nc2c1ccc1c(-c3ccccc3)cc(-c3ccccn3)nc12.S=S=S=S=S=S=S=S=S.S=S=S=S=S=S=S=S=S=S.[B]=NS. The van der Waals surface area contributed by atoms with Gasteiger partial charge in [0.15, 0.2) is 0 Å². The van der Waals surface area contributed by atoms with Gasteiger partial charge in [-0.3, -0.25) is 19.9 Å². The number of thiol groups is 1. The van der Waals surface area contributed by atoms with E-state index in [9.17, 15) is 0 Å². The summed E-state index contributed by atoms with van der Waals surface area (Å²) in [6.45, 7) is 7.13. The first-order valence-electron chi connectivity index (χ1n) is 26.1. The monoisotopic (exact) mass is 1640 g/mol. The molecule has 8 aromatic heterocycles. The third-order valence-electron chi connectivity index (χ3n) is 12.5. The van der Waals surface area contributed by atoms with Gasteiger partial charge < -0.3 is 0 Å². The second-order valence-electron chi connectivity index (χ2n) is 18.8. The number of halogens is 1. The van der Waals surface area contributed by atoms with Gasteiger partial charge in [-0.15, -0.1) is 0 Å². The minimum atomic E-state index is -1.71. The fourth-order valence-electron chi connectivity index (χ4n) is 8.95. The summed E-state index contributed by atoms with van der Waals surface area (Å²) in [5, 5.41) is 5.67. The molecule has 0 aliphatic rings. The molecular weight excluding hydrogens is 1590 g/mol. The fraction of sp³-hybridized carbons (Fsp3) is 0.0508. The third kappa shape index (κ3) is 21.4. The van der Waals surface area contributed by atoms with Gasteiger partial charge in [0.25, 0.3) is 0 Å². The molecule has 0 atom stereocenters. The van der Waals surface area contributed by atoms with Crippen LogP contribution >= 0.6 is 28.7 Å². The van der Waals surface area contributed by atoms with Crippen molar-refractivity contribution < 1.29 is 0 Å². The van der Waals surface area contributed by atoms with E-state index in [-0.39, 0.29) is 0 Å². The van der Waals surface area contributed by atoms with Gasteiger partial charge in [0.1, 0.15) is 0 Å². The normalized spacial score (nSPS) is 10.2. The van der Waals surface area contributed by atoms with Crippen LogP contribution in [0.1, 0.15) is 0 Å². The van der Waals surface area contributed by atoms with E-state index in [4.69, 9.17) is 19.9 Å². The molecule has 91 heavy (non-hydrogen) atoms. The average Bonchev–Trinajstić information content (AvgIpc) is 0.758. The number of pyridine rings is 8. The van der Waals surface area contributed by atoms with Gasteiger partial charge in [-0.05, 0) is 100 Å². The van der Waals surface area contributed by atoms with Crippen molar-refractivity contribution in [3.05, 3.63) is 211 Å². The predicted molar refractivity (Wildman–Crippen MR) is 446 cm³/mol. The Morgan fingerprint density at radius 2 is 0.648 bits per heavy atom. The molecule has 9 nitrogen and oxygen atoms in total. The Bertz CT molecular complexity index is 5230. The van der Waals surface area contributed by atoms with Gasteiger partial charge in [-0.1, -0.05) is 145 Å². The van der Waals surface area contributed by atoms with Crippen LogP contribution in [0.4, 0.5) is 0 Å². The molecule has 4 aromatic carbocycles. The van der Waals surface area contributed by atoms with Crippen molar-refractivity contribution >= 4 is 271 Å². The molecule has 12 aromatic rings. The number of hydrogen-bond acceptors (Lipinski definition) is 14. The van der Waals surface area contributed by atoms with E-state index in [0.717, 1.165) is 111 Å². The van der Waals surface area contributed by atoms with Crippen LogP contribution in [-0.2, 0) is 178 Å². The van der Waals surface area contributed by atoms with Crippen LogP contribution in [0.15, 0.2) is 216 Å². The first-order valence-corrected chi connectivity index (χ1v) is 53.4. The first kappa shape index (κ1) is 73.0. The van der Waals surface area contributed by atoms with Gasteiger partial charge >= 0.3 is 24.8 Å². The zero-order chi connectivity index (χ0) is 64.2. The van der Waals surface area contributed by atoms with Crippen molar-refractivity contribution in [2.75, 3.05) is 0 Å². The van der Waals surface area contributed by atoms with Crippen LogP contribution in [0.2, 0.25) is 19.6 Å². The van der Waals surface area contributed by atoms with Crippen LogP contribution < -0.4 is 5.19 Å². The van der Waals surface area contributed by atoms with Gasteiger partial charge in [-0.25, -0.2) is 19.9 Å². The van der Waals surface area contributed by atoms with Crippen LogP contribution in [0, 0.1) is 0 Å². The molecule has 0 unspecified atom stereocenters. The maximum absolute atomic E-state index is 5.19. The second kappa shape index (κ2) is 39.3.